The largest absolute Gasteiger partial charge is 0.472 e. The number of allylic oxidation sites excluding steroid dienone is 18. The molecule has 0 amide bonds. The van der Waals surface area contributed by atoms with Gasteiger partial charge in [0.1, 0.15) is 6.61 Å². The Morgan fingerprint density at radius 3 is 1.17 bits per heavy atom. The lowest BCUT2D eigenvalue weighted by Crippen LogP contribution is -2.29. The third-order valence-electron chi connectivity index (χ3n) is 11.6. The molecule has 2 atom stereocenters. The van der Waals surface area contributed by atoms with Gasteiger partial charge in [-0.2, -0.15) is 0 Å². The number of unbranched alkanes of at least 4 members (excludes halogenated alkanes) is 21. The summed E-state index contributed by atoms with van der Waals surface area (Å²) in [6.45, 7) is 3.58. The van der Waals surface area contributed by atoms with Gasteiger partial charge in [-0.3, -0.25) is 18.6 Å². The van der Waals surface area contributed by atoms with Crippen molar-refractivity contribution in [2.75, 3.05) is 26.4 Å². The molecule has 0 aromatic carbocycles. The van der Waals surface area contributed by atoms with E-state index in [2.05, 4.69) is 123 Å². The fourth-order valence-corrected chi connectivity index (χ4v) is 8.23. The van der Waals surface area contributed by atoms with E-state index in [-0.39, 0.29) is 32.6 Å². The molecular formula is C61H104NO8P. The minimum absolute atomic E-state index is 0.0419. The van der Waals surface area contributed by atoms with Gasteiger partial charge in [0, 0.05) is 19.4 Å². The summed E-state index contributed by atoms with van der Waals surface area (Å²) >= 11 is 0. The first-order chi connectivity index (χ1) is 34.8. The third kappa shape index (κ3) is 55.8. The van der Waals surface area contributed by atoms with E-state index < -0.39 is 32.5 Å². The maximum Gasteiger partial charge on any atom is 0.472 e. The molecule has 0 rings (SSSR count). The third-order valence-corrected chi connectivity index (χ3v) is 12.6. The summed E-state index contributed by atoms with van der Waals surface area (Å²) < 4.78 is 33.0. The van der Waals surface area contributed by atoms with Crippen molar-refractivity contribution in [3.05, 3.63) is 109 Å². The highest BCUT2D eigenvalue weighted by Crippen LogP contribution is 2.43. The van der Waals surface area contributed by atoms with Gasteiger partial charge in [0.05, 0.1) is 13.2 Å². The van der Waals surface area contributed by atoms with E-state index in [9.17, 15) is 19.0 Å². The Kier molecular flexibility index (Phi) is 53.3. The average Bonchev–Trinajstić information content (AvgIpc) is 3.36. The van der Waals surface area contributed by atoms with Crippen LogP contribution in [0.3, 0.4) is 0 Å². The zero-order valence-corrected chi connectivity index (χ0v) is 46.1. The lowest BCUT2D eigenvalue weighted by molar-refractivity contribution is -0.161. The molecule has 71 heavy (non-hydrogen) atoms. The molecule has 0 aliphatic carbocycles. The van der Waals surface area contributed by atoms with Crippen LogP contribution >= 0.6 is 7.82 Å². The normalized spacial score (nSPS) is 13.9. The van der Waals surface area contributed by atoms with Crippen LogP contribution in [0.15, 0.2) is 109 Å². The molecule has 0 bridgehead atoms. The smallest absolute Gasteiger partial charge is 0.462 e. The fourth-order valence-electron chi connectivity index (χ4n) is 7.47. The van der Waals surface area contributed by atoms with Gasteiger partial charge in [0.25, 0.3) is 0 Å². The first-order valence-electron chi connectivity index (χ1n) is 28.4. The molecular weight excluding hydrogens is 906 g/mol. The van der Waals surface area contributed by atoms with E-state index in [0.717, 1.165) is 89.9 Å². The number of phosphoric acid groups is 1. The maximum atomic E-state index is 12.7. The van der Waals surface area contributed by atoms with Gasteiger partial charge in [-0.1, -0.05) is 226 Å². The van der Waals surface area contributed by atoms with Crippen LogP contribution in [0.4, 0.5) is 0 Å². The molecule has 3 N–H and O–H groups in total. The first-order valence-corrected chi connectivity index (χ1v) is 29.9. The van der Waals surface area contributed by atoms with Crippen molar-refractivity contribution in [3.8, 4) is 0 Å². The van der Waals surface area contributed by atoms with Gasteiger partial charge in [-0.25, -0.2) is 4.57 Å². The summed E-state index contributed by atoms with van der Waals surface area (Å²) in [6.07, 6.45) is 75.6. The number of rotatable bonds is 52. The molecule has 0 saturated carbocycles. The van der Waals surface area contributed by atoms with E-state index >= 15 is 0 Å². The molecule has 0 spiro atoms. The van der Waals surface area contributed by atoms with Crippen LogP contribution in [0.25, 0.3) is 0 Å². The topological polar surface area (TPSA) is 134 Å². The van der Waals surface area contributed by atoms with Crippen LogP contribution in [-0.2, 0) is 32.7 Å². The number of nitrogens with two attached hydrogens (primary N) is 1. The first kappa shape index (κ1) is 67.7. The Hall–Kier alpha value is -3.33. The lowest BCUT2D eigenvalue weighted by atomic mass is 10.0. The summed E-state index contributed by atoms with van der Waals surface area (Å²) in [7, 11) is -4.40. The molecule has 9 nitrogen and oxygen atoms in total. The number of hydrogen-bond donors (Lipinski definition) is 2. The van der Waals surface area contributed by atoms with Crippen molar-refractivity contribution >= 4 is 19.8 Å². The van der Waals surface area contributed by atoms with Gasteiger partial charge >= 0.3 is 19.8 Å². The van der Waals surface area contributed by atoms with Crippen LogP contribution in [0, 0.1) is 0 Å². The van der Waals surface area contributed by atoms with Gasteiger partial charge in [-0.05, 0) is 103 Å². The monoisotopic (exact) mass is 1010 g/mol. The van der Waals surface area contributed by atoms with Crippen molar-refractivity contribution < 1.29 is 37.6 Å². The van der Waals surface area contributed by atoms with Crippen molar-refractivity contribution in [2.24, 2.45) is 5.73 Å². The van der Waals surface area contributed by atoms with Gasteiger partial charge in [0.15, 0.2) is 6.10 Å². The second-order valence-electron chi connectivity index (χ2n) is 18.4. The predicted molar refractivity (Wildman–Crippen MR) is 302 cm³/mol. The number of hydrogen-bond acceptors (Lipinski definition) is 8. The van der Waals surface area contributed by atoms with Crippen molar-refractivity contribution in [3.63, 3.8) is 0 Å². The van der Waals surface area contributed by atoms with Gasteiger partial charge in [-0.15, -0.1) is 0 Å². The van der Waals surface area contributed by atoms with E-state index in [1.54, 1.807) is 0 Å². The minimum atomic E-state index is -4.40. The Morgan fingerprint density at radius 1 is 0.437 bits per heavy atom. The zero-order chi connectivity index (χ0) is 51.7. The van der Waals surface area contributed by atoms with E-state index in [0.29, 0.717) is 6.42 Å². The van der Waals surface area contributed by atoms with Crippen LogP contribution in [0.2, 0.25) is 0 Å². The molecule has 0 fully saturated rings. The fraction of sp³-hybridized carbons (Fsp3) is 0.672. The van der Waals surface area contributed by atoms with Crippen molar-refractivity contribution in [1.82, 2.24) is 0 Å². The summed E-state index contributed by atoms with van der Waals surface area (Å²) in [5.41, 5.74) is 5.38. The zero-order valence-electron chi connectivity index (χ0n) is 45.2. The van der Waals surface area contributed by atoms with Crippen LogP contribution in [-0.4, -0.2) is 49.3 Å². The summed E-state index contributed by atoms with van der Waals surface area (Å²) in [4.78, 5) is 35.2. The van der Waals surface area contributed by atoms with E-state index in [1.807, 2.05) is 0 Å². The van der Waals surface area contributed by atoms with Crippen LogP contribution in [0.1, 0.15) is 232 Å². The maximum absolute atomic E-state index is 12.7. The number of carbonyl (C=O) groups excluding carboxylic acids is 2. The highest BCUT2D eigenvalue weighted by molar-refractivity contribution is 7.47. The van der Waals surface area contributed by atoms with E-state index in [4.69, 9.17) is 24.3 Å². The highest BCUT2D eigenvalue weighted by atomic mass is 31.2. The Morgan fingerprint density at radius 2 is 0.775 bits per heavy atom. The van der Waals surface area contributed by atoms with Gasteiger partial charge < -0.3 is 20.1 Å². The van der Waals surface area contributed by atoms with Crippen LogP contribution in [0.5, 0.6) is 0 Å². The second kappa shape index (κ2) is 56.0. The number of ether oxygens (including phenoxy) is 2. The number of esters is 2. The standard InChI is InChI=1S/C61H104NO8P/c1-3-5-7-9-11-13-15-17-19-21-23-25-27-29-31-33-35-37-39-41-43-45-47-49-51-53-60(63)67-57-59(58-69-71(65,66)68-56-55-62)70-61(64)54-52-50-48-46-44-42-40-38-36-34-32-30-28-26-24-22-20-18-16-14-12-10-8-6-4-2/h6,8,12,14-15,17-18,20-21,23-24,26,30,32,36,38,42,44,59H,3-5,7,9-11,13,16,19,22,25,27-29,31,33-35,37,39-41,43,45-58,62H2,1-2H3,(H,65,66)/b8-6-,14-12-,17-15-,20-18-,23-21-,26-24-,32-30-,38-36-,44-42-. The quantitative estimate of drug-likeness (QED) is 0.0264. The highest BCUT2D eigenvalue weighted by Gasteiger charge is 2.26. The minimum Gasteiger partial charge on any atom is -0.462 e. The predicted octanol–water partition coefficient (Wildman–Crippen LogP) is 17.8. The average molecular weight is 1010 g/mol. The number of carbonyl (C=O) groups is 2. The Labute approximate surface area is 435 Å². The molecule has 406 valence electrons. The van der Waals surface area contributed by atoms with Crippen LogP contribution < -0.4 is 5.73 Å². The second-order valence-corrected chi connectivity index (χ2v) is 19.9. The molecule has 0 heterocycles. The lowest BCUT2D eigenvalue weighted by Gasteiger charge is -2.19. The number of phosphoric ester groups is 1. The molecule has 0 aromatic heterocycles. The summed E-state index contributed by atoms with van der Waals surface area (Å²) in [6, 6.07) is 0. The summed E-state index contributed by atoms with van der Waals surface area (Å²) in [5.74, 6) is -0.871. The molecule has 10 heteroatoms. The molecule has 0 aliphatic heterocycles. The van der Waals surface area contributed by atoms with Gasteiger partial charge in [0.2, 0.25) is 0 Å². The molecule has 0 aromatic rings. The molecule has 0 radical (unpaired) electrons. The van der Waals surface area contributed by atoms with E-state index in [1.165, 1.54) is 109 Å². The Balaban J connectivity index is 4.09. The van der Waals surface area contributed by atoms with Crippen molar-refractivity contribution in [1.29, 1.82) is 0 Å². The molecule has 2 unspecified atom stereocenters. The Bertz CT molecular complexity index is 1530. The summed E-state index contributed by atoms with van der Waals surface area (Å²) in [5, 5.41) is 0. The molecule has 0 saturated heterocycles. The SMILES string of the molecule is CC/C=C\C/C=C\C/C=C\C/C=C\C/C=C\C/C=C\C/C=C\CCCCCC(=O)OC(COC(=O)CCCCCCCCCCCCCCC/C=C\C/C=C\CCCCCCC)COP(=O)(O)OCCN. The van der Waals surface area contributed by atoms with Crippen molar-refractivity contribution in [2.45, 2.75) is 238 Å². The molecule has 0 aliphatic rings.